The first-order chi connectivity index (χ1) is 7.11. The molecule has 1 rings (SSSR count). The van der Waals surface area contributed by atoms with Gasteiger partial charge in [-0.25, -0.2) is 0 Å². The van der Waals surface area contributed by atoms with Gasteiger partial charge in [-0.15, -0.1) is 0 Å². The van der Waals surface area contributed by atoms with Crippen LogP contribution in [0.15, 0.2) is 35.4 Å². The third kappa shape index (κ3) is 3.62. The molecule has 0 fully saturated rings. The summed E-state index contributed by atoms with van der Waals surface area (Å²) in [6.07, 6.45) is -1.69. The molecule has 0 saturated heterocycles. The van der Waals surface area contributed by atoms with Crippen molar-refractivity contribution in [1.82, 2.24) is 5.43 Å². The molecule has 1 aromatic rings. The summed E-state index contributed by atoms with van der Waals surface area (Å²) in [5.41, 5.74) is 8.11. The molecule has 0 atom stereocenters. The lowest BCUT2D eigenvalue weighted by molar-refractivity contribution is 0.0198. The molecule has 6 heteroatoms. The summed E-state index contributed by atoms with van der Waals surface area (Å²) in [5.74, 6) is 0. The van der Waals surface area contributed by atoms with Gasteiger partial charge in [0, 0.05) is 5.56 Å². The Labute approximate surface area is 92.2 Å². The quantitative estimate of drug-likeness (QED) is 0.242. The molecule has 0 saturated carbocycles. The number of nitrogens with zero attached hydrogens (tertiary/aromatic N) is 1. The van der Waals surface area contributed by atoms with Gasteiger partial charge in [0.05, 0.1) is 0 Å². The fourth-order valence-electron chi connectivity index (χ4n) is 0.996. The number of benzene rings is 1. The molecule has 0 heterocycles. The molecule has 0 aliphatic carbocycles. The number of thiocarbonyl (C=S) groups is 1. The fraction of sp³-hybridized carbons (Fsp3) is 0.111. The van der Waals surface area contributed by atoms with Gasteiger partial charge in [-0.1, -0.05) is 30.3 Å². The van der Waals surface area contributed by atoms with Gasteiger partial charge in [0.2, 0.25) is 0 Å². The second kappa shape index (κ2) is 5.40. The van der Waals surface area contributed by atoms with E-state index in [1.165, 1.54) is 0 Å². The Morgan fingerprint density at radius 1 is 1.33 bits per heavy atom. The smallest absolute Gasteiger partial charge is 0.198 e. The van der Waals surface area contributed by atoms with Crippen LogP contribution in [0.4, 0.5) is 0 Å². The van der Waals surface area contributed by atoms with Crippen LogP contribution in [0.5, 0.6) is 0 Å². The highest BCUT2D eigenvalue weighted by Crippen LogP contribution is 2.03. The molecule has 0 radical (unpaired) electrons. The van der Waals surface area contributed by atoms with Crippen LogP contribution in [0.2, 0.25) is 0 Å². The van der Waals surface area contributed by atoms with Crippen molar-refractivity contribution in [2.45, 2.75) is 6.29 Å². The summed E-state index contributed by atoms with van der Waals surface area (Å²) in [6, 6.07) is 8.72. The third-order valence-corrected chi connectivity index (χ3v) is 1.69. The van der Waals surface area contributed by atoms with Gasteiger partial charge in [0.15, 0.2) is 11.4 Å². The summed E-state index contributed by atoms with van der Waals surface area (Å²) in [4.78, 5) is 0. The Balaban J connectivity index is 2.93. The van der Waals surface area contributed by atoms with Crippen LogP contribution in [-0.4, -0.2) is 27.3 Å². The Morgan fingerprint density at radius 2 is 1.93 bits per heavy atom. The summed E-state index contributed by atoms with van der Waals surface area (Å²) >= 11 is 4.55. The topological polar surface area (TPSA) is 90.9 Å². The first-order valence-corrected chi connectivity index (χ1v) is 4.56. The van der Waals surface area contributed by atoms with Crippen LogP contribution < -0.4 is 11.2 Å². The Morgan fingerprint density at radius 3 is 2.40 bits per heavy atom. The molecule has 1 aromatic carbocycles. The number of aliphatic hydroxyl groups is 2. The minimum absolute atomic E-state index is 0.0379. The van der Waals surface area contributed by atoms with Gasteiger partial charge in [-0.2, -0.15) is 5.10 Å². The maximum Gasteiger partial charge on any atom is 0.198 e. The summed E-state index contributed by atoms with van der Waals surface area (Å²) < 4.78 is 0. The van der Waals surface area contributed by atoms with Crippen molar-refractivity contribution < 1.29 is 10.2 Å². The average molecular weight is 225 g/mol. The molecular weight excluding hydrogens is 214 g/mol. The van der Waals surface area contributed by atoms with Crippen molar-refractivity contribution in [2.24, 2.45) is 10.8 Å². The van der Waals surface area contributed by atoms with E-state index < -0.39 is 6.29 Å². The molecular formula is C9H11N3O2S. The summed E-state index contributed by atoms with van der Waals surface area (Å²) in [7, 11) is 0. The molecule has 15 heavy (non-hydrogen) atoms. The Hall–Kier alpha value is -1.50. The van der Waals surface area contributed by atoms with Crippen LogP contribution in [0.3, 0.4) is 0 Å². The molecule has 0 aliphatic rings. The predicted octanol–water partition coefficient (Wildman–Crippen LogP) is -0.465. The zero-order chi connectivity index (χ0) is 11.3. The van der Waals surface area contributed by atoms with E-state index in [9.17, 15) is 0 Å². The largest absolute Gasteiger partial charge is 0.375 e. The Bertz CT molecular complexity index is 365. The molecule has 0 aromatic heterocycles. The standard InChI is InChI=1S/C9H11N3O2S/c10-9(15)12-11-7(8(13)14)6-4-2-1-3-5-6/h1-5,8,13-14H,(H3,10,12,15). The first-order valence-electron chi connectivity index (χ1n) is 4.16. The molecule has 80 valence electrons. The van der Waals surface area contributed by atoms with Crippen LogP contribution in [0.25, 0.3) is 0 Å². The van der Waals surface area contributed by atoms with Crippen molar-refractivity contribution >= 4 is 23.0 Å². The minimum atomic E-state index is -1.69. The zero-order valence-corrected chi connectivity index (χ0v) is 8.61. The second-order valence-electron chi connectivity index (χ2n) is 2.71. The number of rotatable bonds is 3. The lowest BCUT2D eigenvalue weighted by atomic mass is 10.1. The maximum atomic E-state index is 9.08. The summed E-state index contributed by atoms with van der Waals surface area (Å²) in [5, 5.41) is 21.8. The van der Waals surface area contributed by atoms with Crippen molar-refractivity contribution in [3.63, 3.8) is 0 Å². The SMILES string of the molecule is NC(=S)NN=C(c1ccccc1)C(O)O. The van der Waals surface area contributed by atoms with Crippen LogP contribution >= 0.6 is 12.2 Å². The van der Waals surface area contributed by atoms with E-state index in [2.05, 4.69) is 22.7 Å². The average Bonchev–Trinajstić information content (AvgIpc) is 2.18. The van der Waals surface area contributed by atoms with Gasteiger partial charge >= 0.3 is 0 Å². The van der Waals surface area contributed by atoms with E-state index >= 15 is 0 Å². The van der Waals surface area contributed by atoms with Crippen molar-refractivity contribution in [3.05, 3.63) is 35.9 Å². The van der Waals surface area contributed by atoms with Gasteiger partial charge < -0.3 is 15.9 Å². The van der Waals surface area contributed by atoms with E-state index in [1.54, 1.807) is 24.3 Å². The highest BCUT2D eigenvalue weighted by molar-refractivity contribution is 7.80. The monoisotopic (exact) mass is 225 g/mol. The van der Waals surface area contributed by atoms with E-state index in [0.29, 0.717) is 5.56 Å². The predicted molar refractivity (Wildman–Crippen MR) is 61.1 cm³/mol. The van der Waals surface area contributed by atoms with Crippen LogP contribution in [0.1, 0.15) is 5.56 Å². The normalized spacial score (nSPS) is 11.5. The van der Waals surface area contributed by atoms with E-state index in [-0.39, 0.29) is 10.8 Å². The molecule has 5 N–H and O–H groups in total. The van der Waals surface area contributed by atoms with E-state index in [1.807, 2.05) is 6.07 Å². The number of hydrazone groups is 1. The Kier molecular flexibility index (Phi) is 4.17. The molecule has 0 aliphatic heterocycles. The molecule has 0 unspecified atom stereocenters. The second-order valence-corrected chi connectivity index (χ2v) is 3.15. The molecule has 5 nitrogen and oxygen atoms in total. The lowest BCUT2D eigenvalue weighted by Gasteiger charge is -2.08. The fourth-order valence-corrected chi connectivity index (χ4v) is 1.04. The van der Waals surface area contributed by atoms with E-state index in [0.717, 1.165) is 0 Å². The van der Waals surface area contributed by atoms with Crippen molar-refractivity contribution in [1.29, 1.82) is 0 Å². The highest BCUT2D eigenvalue weighted by atomic mass is 32.1. The van der Waals surface area contributed by atoms with Crippen LogP contribution in [0, 0.1) is 0 Å². The number of aliphatic hydroxyl groups excluding tert-OH is 1. The number of hydrogen-bond donors (Lipinski definition) is 4. The minimum Gasteiger partial charge on any atom is -0.375 e. The first kappa shape index (κ1) is 11.6. The van der Waals surface area contributed by atoms with Gasteiger partial charge in [-0.05, 0) is 12.2 Å². The number of nitrogens with two attached hydrogens (primary N) is 1. The van der Waals surface area contributed by atoms with E-state index in [4.69, 9.17) is 15.9 Å². The van der Waals surface area contributed by atoms with Crippen LogP contribution in [-0.2, 0) is 0 Å². The van der Waals surface area contributed by atoms with Gasteiger partial charge in [0.1, 0.15) is 5.71 Å². The third-order valence-electron chi connectivity index (χ3n) is 1.60. The highest BCUT2D eigenvalue weighted by Gasteiger charge is 2.11. The van der Waals surface area contributed by atoms with Gasteiger partial charge in [0.25, 0.3) is 0 Å². The summed E-state index contributed by atoms with van der Waals surface area (Å²) in [6.45, 7) is 0. The molecule has 0 amide bonds. The number of nitrogens with one attached hydrogen (secondary N) is 1. The lowest BCUT2D eigenvalue weighted by Crippen LogP contribution is -2.29. The maximum absolute atomic E-state index is 9.08. The molecule has 0 spiro atoms. The zero-order valence-electron chi connectivity index (χ0n) is 7.79. The van der Waals surface area contributed by atoms with Crippen molar-refractivity contribution in [2.75, 3.05) is 0 Å². The van der Waals surface area contributed by atoms with Gasteiger partial charge in [-0.3, -0.25) is 5.43 Å². The van der Waals surface area contributed by atoms with Crippen molar-refractivity contribution in [3.8, 4) is 0 Å². The molecule has 0 bridgehead atoms. The number of hydrogen-bond acceptors (Lipinski definition) is 4.